The van der Waals surface area contributed by atoms with Gasteiger partial charge in [0.25, 0.3) is 0 Å². The van der Waals surface area contributed by atoms with Gasteiger partial charge in [-0.1, -0.05) is 20.8 Å². The van der Waals surface area contributed by atoms with Crippen LogP contribution >= 0.6 is 0 Å². The number of aryl methyl sites for hydroxylation is 1. The molecule has 0 amide bonds. The van der Waals surface area contributed by atoms with E-state index < -0.39 is 0 Å². The highest BCUT2D eigenvalue weighted by Crippen LogP contribution is 2.60. The van der Waals surface area contributed by atoms with Crippen LogP contribution in [0.5, 0.6) is 0 Å². The van der Waals surface area contributed by atoms with Crippen LogP contribution in [-0.2, 0) is 4.79 Å². The fourth-order valence-electron chi connectivity index (χ4n) is 5.30. The Morgan fingerprint density at radius 3 is 2.42 bits per heavy atom. The molecule has 2 aliphatic carbocycles. The van der Waals surface area contributed by atoms with Gasteiger partial charge in [-0.25, -0.2) is 9.97 Å². The van der Waals surface area contributed by atoms with Crippen molar-refractivity contribution in [1.29, 1.82) is 0 Å². The van der Waals surface area contributed by atoms with E-state index in [0.29, 0.717) is 23.0 Å². The van der Waals surface area contributed by atoms with Crippen molar-refractivity contribution in [1.82, 2.24) is 14.9 Å². The molecule has 0 radical (unpaired) electrons. The number of hydrogen-bond acceptors (Lipinski definition) is 4. The Balaban J connectivity index is 0.000000948. The molecule has 1 spiro atoms. The van der Waals surface area contributed by atoms with Gasteiger partial charge in [0.05, 0.1) is 0 Å². The maximum Gasteiger partial charge on any atom is 0.135 e. The minimum atomic E-state index is 0.391. The quantitative estimate of drug-likeness (QED) is 0.794. The van der Waals surface area contributed by atoms with Crippen molar-refractivity contribution in [2.75, 3.05) is 13.1 Å². The number of nitrogens with zero attached hydrogens (tertiary/aromatic N) is 3. The number of Topliss-reactive ketones (excluding diaryl/α,β-unsaturated/α-hetero) is 1. The highest BCUT2D eigenvalue weighted by molar-refractivity contribution is 5.81. The van der Waals surface area contributed by atoms with Crippen LogP contribution in [0.1, 0.15) is 83.2 Å². The smallest absolute Gasteiger partial charge is 0.135 e. The summed E-state index contributed by atoms with van der Waals surface area (Å²) >= 11 is 0. The van der Waals surface area contributed by atoms with Crippen molar-refractivity contribution >= 4 is 5.78 Å². The van der Waals surface area contributed by atoms with Crippen LogP contribution in [0.4, 0.5) is 0 Å². The van der Waals surface area contributed by atoms with E-state index in [2.05, 4.69) is 20.9 Å². The van der Waals surface area contributed by atoms with E-state index in [0.717, 1.165) is 18.3 Å². The predicted octanol–water partition coefficient (Wildman–Crippen LogP) is 4.53. The molecule has 144 valence electrons. The number of rotatable bonds is 4. The zero-order chi connectivity index (χ0) is 18.7. The van der Waals surface area contributed by atoms with E-state index in [1.165, 1.54) is 57.3 Å². The normalized spacial score (nSPS) is 31.5. The van der Waals surface area contributed by atoms with Crippen LogP contribution < -0.4 is 0 Å². The number of hydrogen-bond donors (Lipinski definition) is 0. The molecule has 1 aliphatic heterocycles. The van der Waals surface area contributed by atoms with Crippen LogP contribution in [0.25, 0.3) is 0 Å². The molecule has 26 heavy (non-hydrogen) atoms. The van der Waals surface area contributed by atoms with Crippen LogP contribution in [0.2, 0.25) is 0 Å². The van der Waals surface area contributed by atoms with Crippen LogP contribution in [0.15, 0.2) is 12.3 Å². The summed E-state index contributed by atoms with van der Waals surface area (Å²) in [4.78, 5) is 23.3. The molecule has 1 aromatic heterocycles. The van der Waals surface area contributed by atoms with Gasteiger partial charge in [-0.3, -0.25) is 4.79 Å². The molecule has 0 bridgehead atoms. The largest absolute Gasteiger partial charge is 0.300 e. The lowest BCUT2D eigenvalue weighted by Gasteiger charge is -2.60. The highest BCUT2D eigenvalue weighted by atomic mass is 16.1. The highest BCUT2D eigenvalue weighted by Gasteiger charge is 2.55. The molecular formula is C22H35N3O. The molecule has 3 aliphatic rings. The topological polar surface area (TPSA) is 46.1 Å². The summed E-state index contributed by atoms with van der Waals surface area (Å²) in [6.45, 7) is 10.4. The molecule has 3 fully saturated rings. The zero-order valence-electron chi connectivity index (χ0n) is 17.0. The van der Waals surface area contributed by atoms with E-state index in [9.17, 15) is 4.79 Å². The molecule has 0 N–H and O–H groups in total. The average molecular weight is 358 g/mol. The predicted molar refractivity (Wildman–Crippen MR) is 105 cm³/mol. The molecule has 0 aromatic carbocycles. The summed E-state index contributed by atoms with van der Waals surface area (Å²) in [7, 11) is 0. The van der Waals surface area contributed by atoms with Gasteiger partial charge in [0.1, 0.15) is 11.6 Å². The summed E-state index contributed by atoms with van der Waals surface area (Å²) in [5.74, 6) is 2.37. The lowest BCUT2D eigenvalue weighted by molar-refractivity contribution is -0.141. The third kappa shape index (κ3) is 3.85. The first kappa shape index (κ1) is 19.5. The second-order valence-electron chi connectivity index (χ2n) is 8.33. The van der Waals surface area contributed by atoms with E-state index in [-0.39, 0.29) is 0 Å². The molecule has 4 heteroatoms. The number of carbonyl (C=O) groups excluding carboxylic acids is 1. The van der Waals surface area contributed by atoms with E-state index in [4.69, 9.17) is 0 Å². The third-order valence-corrected chi connectivity index (χ3v) is 6.76. The first-order valence-electron chi connectivity index (χ1n) is 10.6. The number of ketones is 1. The minimum absolute atomic E-state index is 0.391. The molecule has 1 aromatic rings. The summed E-state index contributed by atoms with van der Waals surface area (Å²) in [5, 5.41) is 0. The fraction of sp³-hybridized carbons (Fsp3) is 0.773. The van der Waals surface area contributed by atoms with Crippen LogP contribution in [0, 0.1) is 18.3 Å². The van der Waals surface area contributed by atoms with Gasteiger partial charge >= 0.3 is 0 Å². The van der Waals surface area contributed by atoms with Gasteiger partial charge in [-0.15, -0.1) is 0 Å². The number of likely N-dealkylation sites (tertiary alicyclic amines) is 1. The van der Waals surface area contributed by atoms with Gasteiger partial charge in [0.15, 0.2) is 0 Å². The Bertz CT molecular complexity index is 608. The maximum absolute atomic E-state index is 11.8. The average Bonchev–Trinajstić information content (AvgIpc) is 2.61. The molecule has 0 atom stereocenters. The number of carbonyl (C=O) groups is 1. The van der Waals surface area contributed by atoms with Crippen molar-refractivity contribution in [3.8, 4) is 0 Å². The van der Waals surface area contributed by atoms with Crippen molar-refractivity contribution in [2.45, 2.75) is 84.6 Å². The lowest BCUT2D eigenvalue weighted by Crippen LogP contribution is -2.58. The minimum Gasteiger partial charge on any atom is -0.300 e. The van der Waals surface area contributed by atoms with Crippen molar-refractivity contribution in [2.24, 2.45) is 11.3 Å². The second kappa shape index (κ2) is 8.16. The summed E-state index contributed by atoms with van der Waals surface area (Å²) < 4.78 is 0. The molecule has 4 nitrogen and oxygen atoms in total. The summed E-state index contributed by atoms with van der Waals surface area (Å²) in [6.07, 6.45) is 10.1. The molecule has 1 saturated heterocycles. The Morgan fingerprint density at radius 2 is 1.85 bits per heavy atom. The molecule has 2 saturated carbocycles. The van der Waals surface area contributed by atoms with Crippen molar-refractivity contribution in [3.05, 3.63) is 23.8 Å². The zero-order valence-corrected chi connectivity index (χ0v) is 17.0. The fourth-order valence-corrected chi connectivity index (χ4v) is 5.30. The van der Waals surface area contributed by atoms with Gasteiger partial charge in [0, 0.05) is 36.2 Å². The van der Waals surface area contributed by atoms with Gasteiger partial charge in [0.2, 0.25) is 0 Å². The first-order valence-corrected chi connectivity index (χ1v) is 10.6. The first-order chi connectivity index (χ1) is 12.6. The third-order valence-electron chi connectivity index (χ3n) is 6.76. The standard InChI is InChI=1S/C20H29N3O.C2H6/c1-3-19(24)16-10-20(11-16)12-17(13-20)23-8-5-15(6-9-23)18-4-7-21-14(2)22-18;1-2/h4,7,15-17H,3,5-6,8-13H2,1-2H3;1-2H3. The number of piperidine rings is 1. The van der Waals surface area contributed by atoms with Gasteiger partial charge < -0.3 is 4.90 Å². The molecular weight excluding hydrogens is 322 g/mol. The van der Waals surface area contributed by atoms with Crippen molar-refractivity contribution in [3.63, 3.8) is 0 Å². The van der Waals surface area contributed by atoms with Gasteiger partial charge in [-0.05, 0) is 70.0 Å². The van der Waals surface area contributed by atoms with Crippen molar-refractivity contribution < 1.29 is 4.79 Å². The van der Waals surface area contributed by atoms with Gasteiger partial charge in [-0.2, -0.15) is 0 Å². The monoisotopic (exact) mass is 357 g/mol. The van der Waals surface area contributed by atoms with Crippen LogP contribution in [-0.4, -0.2) is 39.8 Å². The maximum atomic E-state index is 11.8. The molecule has 4 rings (SSSR count). The van der Waals surface area contributed by atoms with Crippen LogP contribution in [0.3, 0.4) is 0 Å². The Morgan fingerprint density at radius 1 is 1.19 bits per heavy atom. The Kier molecular flexibility index (Phi) is 6.11. The second-order valence-corrected chi connectivity index (χ2v) is 8.33. The molecule has 0 unspecified atom stereocenters. The Hall–Kier alpha value is -1.29. The van der Waals surface area contributed by atoms with E-state index in [1.54, 1.807) is 0 Å². The van der Waals surface area contributed by atoms with E-state index >= 15 is 0 Å². The summed E-state index contributed by atoms with van der Waals surface area (Å²) in [6, 6.07) is 2.86. The van der Waals surface area contributed by atoms with E-state index in [1.807, 2.05) is 33.9 Å². The summed E-state index contributed by atoms with van der Waals surface area (Å²) in [5.41, 5.74) is 1.77. The Labute approximate surface area is 158 Å². The SMILES string of the molecule is CC.CCC(=O)C1CC2(C1)CC(N1CCC(c3ccnc(C)n3)CC1)C2. The lowest BCUT2D eigenvalue weighted by atomic mass is 9.49. The number of aromatic nitrogens is 2. The molecule has 2 heterocycles.